The van der Waals surface area contributed by atoms with Gasteiger partial charge in [0.15, 0.2) is 11.5 Å². The van der Waals surface area contributed by atoms with E-state index in [4.69, 9.17) is 25.8 Å². The molecule has 0 aliphatic rings. The second kappa shape index (κ2) is 10.7. The summed E-state index contributed by atoms with van der Waals surface area (Å²) in [5.41, 5.74) is 1.49. The normalized spacial score (nSPS) is 10.5. The van der Waals surface area contributed by atoms with Gasteiger partial charge in [0.05, 0.1) is 26.1 Å². The van der Waals surface area contributed by atoms with Crippen molar-refractivity contribution in [3.63, 3.8) is 0 Å². The van der Waals surface area contributed by atoms with E-state index in [9.17, 15) is 9.59 Å². The van der Waals surface area contributed by atoms with Crippen molar-refractivity contribution in [1.82, 2.24) is 9.97 Å². The van der Waals surface area contributed by atoms with Crippen LogP contribution in [0.4, 0.5) is 11.4 Å². The zero-order valence-electron chi connectivity index (χ0n) is 18.9. The molecule has 2 aromatic heterocycles. The molecule has 9 nitrogen and oxygen atoms in total. The number of hydrogen-bond acceptors (Lipinski definition) is 7. The predicted molar refractivity (Wildman–Crippen MR) is 132 cm³/mol. The number of amides is 2. The van der Waals surface area contributed by atoms with Gasteiger partial charge >= 0.3 is 0 Å². The summed E-state index contributed by atoms with van der Waals surface area (Å²) in [6, 6.07) is 15.6. The number of methoxy groups -OCH3 is 2. The van der Waals surface area contributed by atoms with E-state index in [1.54, 1.807) is 55.8 Å². The number of para-hydroxylation sites is 1. The van der Waals surface area contributed by atoms with Gasteiger partial charge in [0.1, 0.15) is 22.7 Å². The Bertz CT molecular complexity index is 1380. The molecule has 35 heavy (non-hydrogen) atoms. The summed E-state index contributed by atoms with van der Waals surface area (Å²) >= 11 is 6.35. The summed E-state index contributed by atoms with van der Waals surface area (Å²) in [7, 11) is 3.08. The highest BCUT2D eigenvalue weighted by molar-refractivity contribution is 6.32. The average Bonchev–Trinajstić information content (AvgIpc) is 2.85. The number of anilines is 2. The molecule has 2 N–H and O–H groups in total. The van der Waals surface area contributed by atoms with Crippen molar-refractivity contribution in [2.45, 2.75) is 6.42 Å². The Balaban J connectivity index is 1.45. The van der Waals surface area contributed by atoms with Crippen molar-refractivity contribution in [2.75, 3.05) is 24.9 Å². The first-order valence-corrected chi connectivity index (χ1v) is 10.8. The van der Waals surface area contributed by atoms with Gasteiger partial charge in [-0.25, -0.2) is 4.98 Å². The fraction of sp³-hybridized carbons (Fsp3) is 0.120. The Morgan fingerprint density at radius 3 is 2.31 bits per heavy atom. The van der Waals surface area contributed by atoms with Crippen LogP contribution in [0.15, 0.2) is 67.0 Å². The standard InChI is InChI=1S/C25H21ClN4O5/c1-33-20-9-8-17-19(10-11-27-23(17)24(20)34-2)35-25-18(26)12-16(14-28-25)30-22(32)13-21(31)29-15-6-4-3-5-7-15/h3-12,14H,13H2,1-2H3,(H,29,31)(H,30,32). The van der Waals surface area contributed by atoms with Crippen LogP contribution in [0, 0.1) is 0 Å². The summed E-state index contributed by atoms with van der Waals surface area (Å²) in [6.07, 6.45) is 2.60. The van der Waals surface area contributed by atoms with Crippen LogP contribution >= 0.6 is 11.6 Å². The van der Waals surface area contributed by atoms with Crippen molar-refractivity contribution in [2.24, 2.45) is 0 Å². The van der Waals surface area contributed by atoms with Crippen molar-refractivity contribution in [3.8, 4) is 23.1 Å². The summed E-state index contributed by atoms with van der Waals surface area (Å²) < 4.78 is 16.7. The molecule has 178 valence electrons. The maximum absolute atomic E-state index is 12.3. The van der Waals surface area contributed by atoms with Crippen LogP contribution in [0.25, 0.3) is 10.9 Å². The number of aromatic nitrogens is 2. The Hall–Kier alpha value is -4.37. The number of hydrogen-bond donors (Lipinski definition) is 2. The molecule has 10 heteroatoms. The van der Waals surface area contributed by atoms with Gasteiger partial charge in [-0.3, -0.25) is 14.6 Å². The molecule has 0 unspecified atom stereocenters. The molecular formula is C25H21ClN4O5. The SMILES string of the molecule is COc1ccc2c(Oc3ncc(NC(=O)CC(=O)Nc4ccccc4)cc3Cl)ccnc2c1OC. The lowest BCUT2D eigenvalue weighted by Gasteiger charge is -2.13. The van der Waals surface area contributed by atoms with Crippen LogP contribution in [0.1, 0.15) is 6.42 Å². The minimum Gasteiger partial charge on any atom is -0.493 e. The predicted octanol–water partition coefficient (Wildman–Crippen LogP) is 5.06. The Morgan fingerprint density at radius 1 is 0.886 bits per heavy atom. The lowest BCUT2D eigenvalue weighted by atomic mass is 10.1. The van der Waals surface area contributed by atoms with Gasteiger partial charge in [0.25, 0.3) is 0 Å². The number of nitrogens with one attached hydrogen (secondary N) is 2. The highest BCUT2D eigenvalue weighted by atomic mass is 35.5. The number of fused-ring (bicyclic) bond motifs is 1. The third-order valence-electron chi connectivity index (χ3n) is 4.89. The molecule has 4 aromatic rings. The minimum absolute atomic E-state index is 0.133. The Morgan fingerprint density at radius 2 is 1.63 bits per heavy atom. The molecule has 0 bridgehead atoms. The maximum atomic E-state index is 12.3. The monoisotopic (exact) mass is 492 g/mol. The van der Waals surface area contributed by atoms with Crippen molar-refractivity contribution >= 4 is 45.7 Å². The third kappa shape index (κ3) is 5.59. The fourth-order valence-electron chi connectivity index (χ4n) is 3.35. The van der Waals surface area contributed by atoms with Crippen LogP contribution in [-0.4, -0.2) is 36.0 Å². The second-order valence-electron chi connectivity index (χ2n) is 7.26. The van der Waals surface area contributed by atoms with Gasteiger partial charge in [-0.15, -0.1) is 0 Å². The maximum Gasteiger partial charge on any atom is 0.238 e. The molecular weight excluding hydrogens is 472 g/mol. The topological polar surface area (TPSA) is 112 Å². The number of pyridine rings is 2. The Labute approximate surface area is 206 Å². The highest BCUT2D eigenvalue weighted by Crippen LogP contribution is 2.39. The zero-order valence-corrected chi connectivity index (χ0v) is 19.6. The van der Waals surface area contributed by atoms with E-state index in [1.165, 1.54) is 19.4 Å². The molecule has 2 aromatic carbocycles. The van der Waals surface area contributed by atoms with E-state index >= 15 is 0 Å². The molecule has 0 aliphatic heterocycles. The molecule has 0 spiro atoms. The lowest BCUT2D eigenvalue weighted by Crippen LogP contribution is -2.21. The first kappa shape index (κ1) is 23.8. The van der Waals surface area contributed by atoms with Gasteiger partial charge in [0, 0.05) is 17.3 Å². The summed E-state index contributed by atoms with van der Waals surface area (Å²) in [4.78, 5) is 32.9. The Kier molecular flexibility index (Phi) is 7.27. The van der Waals surface area contributed by atoms with Crippen molar-refractivity contribution < 1.29 is 23.8 Å². The van der Waals surface area contributed by atoms with Crippen LogP contribution in [0.3, 0.4) is 0 Å². The highest BCUT2D eigenvalue weighted by Gasteiger charge is 2.16. The van der Waals surface area contributed by atoms with Gasteiger partial charge in [0.2, 0.25) is 17.7 Å². The number of nitrogens with zero attached hydrogens (tertiary/aromatic N) is 2. The molecule has 4 rings (SSSR count). The van der Waals surface area contributed by atoms with Crippen LogP contribution in [0.2, 0.25) is 5.02 Å². The molecule has 0 atom stereocenters. The number of carbonyl (C=O) groups excluding carboxylic acids is 2. The minimum atomic E-state index is -0.508. The number of halogens is 1. The van der Waals surface area contributed by atoms with Gasteiger partial charge in [-0.1, -0.05) is 29.8 Å². The number of ether oxygens (including phenoxy) is 3. The molecule has 0 aliphatic carbocycles. The van der Waals surface area contributed by atoms with Gasteiger partial charge in [-0.2, -0.15) is 0 Å². The summed E-state index contributed by atoms with van der Waals surface area (Å²) in [5.74, 6) is 0.659. The molecule has 0 saturated heterocycles. The lowest BCUT2D eigenvalue weighted by molar-refractivity contribution is -0.123. The van der Waals surface area contributed by atoms with Gasteiger partial charge < -0.3 is 24.8 Å². The second-order valence-corrected chi connectivity index (χ2v) is 7.67. The van der Waals surface area contributed by atoms with Gasteiger partial charge in [-0.05, 0) is 36.4 Å². The number of rotatable bonds is 8. The largest absolute Gasteiger partial charge is 0.493 e. The van der Waals surface area contributed by atoms with Crippen LogP contribution in [0.5, 0.6) is 23.1 Å². The fourth-order valence-corrected chi connectivity index (χ4v) is 3.55. The van der Waals surface area contributed by atoms with E-state index in [-0.39, 0.29) is 17.3 Å². The van der Waals surface area contributed by atoms with Crippen molar-refractivity contribution in [3.05, 3.63) is 72.0 Å². The summed E-state index contributed by atoms with van der Waals surface area (Å²) in [6.45, 7) is 0. The first-order valence-electron chi connectivity index (χ1n) is 10.5. The van der Waals surface area contributed by atoms with Crippen LogP contribution in [-0.2, 0) is 9.59 Å². The summed E-state index contributed by atoms with van der Waals surface area (Å²) in [5, 5.41) is 6.10. The van der Waals surface area contributed by atoms with E-state index in [1.807, 2.05) is 6.07 Å². The smallest absolute Gasteiger partial charge is 0.238 e. The number of benzene rings is 2. The molecule has 2 amide bonds. The number of carbonyl (C=O) groups is 2. The molecule has 2 heterocycles. The van der Waals surface area contributed by atoms with E-state index in [0.717, 1.165) is 0 Å². The van der Waals surface area contributed by atoms with Crippen molar-refractivity contribution in [1.29, 1.82) is 0 Å². The average molecular weight is 493 g/mol. The third-order valence-corrected chi connectivity index (χ3v) is 5.16. The quantitative estimate of drug-likeness (QED) is 0.330. The van der Waals surface area contributed by atoms with Crippen LogP contribution < -0.4 is 24.8 Å². The zero-order chi connectivity index (χ0) is 24.8. The van der Waals surface area contributed by atoms with E-state index in [2.05, 4.69) is 20.6 Å². The first-order chi connectivity index (χ1) is 17.0. The van der Waals surface area contributed by atoms with E-state index in [0.29, 0.717) is 39.5 Å². The molecule has 0 fully saturated rings. The molecule has 0 radical (unpaired) electrons. The molecule has 0 saturated carbocycles. The van der Waals surface area contributed by atoms with E-state index < -0.39 is 11.8 Å².